The molecule has 1 aromatic carbocycles. The number of carbonyl (C=O) groups is 1. The molecule has 0 spiro atoms. The molecule has 2 aromatic heterocycles. The lowest BCUT2D eigenvalue weighted by Crippen LogP contribution is -2.19. The number of thiazole rings is 1. The number of nitrogens with zero attached hydrogens (tertiary/aromatic N) is 2. The molecule has 0 amide bonds. The van der Waals surface area contributed by atoms with E-state index in [9.17, 15) is 23.1 Å². The minimum absolute atomic E-state index is 0.0460. The summed E-state index contributed by atoms with van der Waals surface area (Å²) in [6, 6.07) is 1.10. The summed E-state index contributed by atoms with van der Waals surface area (Å²) < 4.78 is 49.4. The van der Waals surface area contributed by atoms with Crippen molar-refractivity contribution in [3.8, 4) is 16.3 Å². The number of hydrogen-bond acceptors (Lipinski definition) is 6. The van der Waals surface area contributed by atoms with Crippen molar-refractivity contribution in [3.05, 3.63) is 41.8 Å². The van der Waals surface area contributed by atoms with Gasteiger partial charge in [-0.1, -0.05) is 6.08 Å². The summed E-state index contributed by atoms with van der Waals surface area (Å²) in [5.74, 6) is 0.232. The topological polar surface area (TPSA) is 85.5 Å². The Morgan fingerprint density at radius 2 is 2.15 bits per heavy atom. The standard InChI is InChI=1S/C24H23F3N2O4S/c1-2-14-9-13-7-12(8-15(14)10-13)3-4-18-29-19-20(32-18)16(22-28-5-6-34-22)11-17(23(30)31)21(19)33-24(25,26)27/h2,5-6,11-15H,1,3-4,7-10H2,(H,30,31). The lowest BCUT2D eigenvalue weighted by atomic mass is 9.78. The molecular weight excluding hydrogens is 469 g/mol. The van der Waals surface area contributed by atoms with Crippen LogP contribution in [0.5, 0.6) is 5.75 Å². The summed E-state index contributed by atoms with van der Waals surface area (Å²) in [6.07, 6.45) is 4.40. The van der Waals surface area contributed by atoms with Crippen LogP contribution in [0.3, 0.4) is 0 Å². The van der Waals surface area contributed by atoms with Gasteiger partial charge in [-0.15, -0.1) is 31.1 Å². The van der Waals surface area contributed by atoms with Crippen LogP contribution < -0.4 is 4.74 Å². The molecule has 10 heteroatoms. The van der Waals surface area contributed by atoms with Crippen molar-refractivity contribution >= 4 is 28.4 Å². The number of aryl methyl sites for hydroxylation is 1. The molecule has 180 valence electrons. The average Bonchev–Trinajstić information content (AvgIpc) is 3.50. The Morgan fingerprint density at radius 3 is 2.82 bits per heavy atom. The number of fused-ring (bicyclic) bond motifs is 3. The van der Waals surface area contributed by atoms with Crippen LogP contribution in [-0.2, 0) is 6.42 Å². The molecular formula is C24H23F3N2O4S. The Hall–Kier alpha value is -2.88. The number of halogens is 3. The lowest BCUT2D eigenvalue weighted by molar-refractivity contribution is -0.274. The van der Waals surface area contributed by atoms with Gasteiger partial charge in [0.15, 0.2) is 22.7 Å². The van der Waals surface area contributed by atoms with E-state index in [1.807, 2.05) is 0 Å². The molecule has 2 aliphatic rings. The molecule has 2 aliphatic carbocycles. The number of benzene rings is 1. The second-order valence-corrected chi connectivity index (χ2v) is 10.0. The van der Waals surface area contributed by atoms with Crippen molar-refractivity contribution in [3.63, 3.8) is 0 Å². The zero-order chi connectivity index (χ0) is 24.0. The highest BCUT2D eigenvalue weighted by molar-refractivity contribution is 7.13. The van der Waals surface area contributed by atoms with Crippen molar-refractivity contribution in [1.82, 2.24) is 9.97 Å². The van der Waals surface area contributed by atoms with Gasteiger partial charge in [0.2, 0.25) is 0 Å². The fraction of sp³-hybridized carbons (Fsp3) is 0.458. The normalized spacial score (nSPS) is 24.4. The van der Waals surface area contributed by atoms with Crippen molar-refractivity contribution in [2.45, 2.75) is 44.9 Å². The minimum atomic E-state index is -5.08. The Labute approximate surface area is 197 Å². The number of ether oxygens (including phenoxy) is 1. The molecule has 2 fully saturated rings. The number of alkyl halides is 3. The maximum absolute atomic E-state index is 13.1. The number of oxazole rings is 1. The average molecular weight is 493 g/mol. The molecule has 2 heterocycles. The smallest absolute Gasteiger partial charge is 0.478 e. The third kappa shape index (κ3) is 4.43. The van der Waals surface area contributed by atoms with Gasteiger partial charge in [0.25, 0.3) is 0 Å². The monoisotopic (exact) mass is 492 g/mol. The lowest BCUT2D eigenvalue weighted by Gasteiger charge is -2.28. The van der Waals surface area contributed by atoms with Crippen molar-refractivity contribution < 1.29 is 32.2 Å². The van der Waals surface area contributed by atoms with Crippen LogP contribution >= 0.6 is 11.3 Å². The Balaban J connectivity index is 1.49. The highest BCUT2D eigenvalue weighted by atomic mass is 32.1. The summed E-state index contributed by atoms with van der Waals surface area (Å²) >= 11 is 1.22. The molecule has 6 nitrogen and oxygen atoms in total. The Bertz CT molecular complexity index is 1220. The van der Waals surface area contributed by atoms with E-state index >= 15 is 0 Å². The summed E-state index contributed by atoms with van der Waals surface area (Å²) in [6.45, 7) is 3.97. The first-order valence-corrected chi connectivity index (χ1v) is 12.1. The Morgan fingerprint density at radius 1 is 1.32 bits per heavy atom. The molecule has 0 radical (unpaired) electrons. The van der Waals surface area contributed by atoms with E-state index in [4.69, 9.17) is 4.42 Å². The van der Waals surface area contributed by atoms with Crippen LogP contribution in [0.1, 0.15) is 48.4 Å². The summed E-state index contributed by atoms with van der Waals surface area (Å²) in [5, 5.41) is 11.7. The van der Waals surface area contributed by atoms with Gasteiger partial charge in [-0.05, 0) is 61.8 Å². The van der Waals surface area contributed by atoms with Crippen LogP contribution in [-0.4, -0.2) is 27.4 Å². The maximum atomic E-state index is 13.1. The van der Waals surface area contributed by atoms with E-state index in [0.29, 0.717) is 35.1 Å². The van der Waals surface area contributed by atoms with E-state index in [-0.39, 0.29) is 22.6 Å². The highest BCUT2D eigenvalue weighted by Gasteiger charge is 2.39. The number of hydrogen-bond donors (Lipinski definition) is 1. The fourth-order valence-electron chi connectivity index (χ4n) is 5.69. The van der Waals surface area contributed by atoms with Gasteiger partial charge >= 0.3 is 12.3 Å². The van der Waals surface area contributed by atoms with Crippen molar-refractivity contribution in [2.75, 3.05) is 0 Å². The van der Waals surface area contributed by atoms with E-state index in [1.165, 1.54) is 30.4 Å². The van der Waals surface area contributed by atoms with Crippen LogP contribution in [0, 0.1) is 23.7 Å². The third-order valence-corrected chi connectivity index (χ3v) is 7.80. The van der Waals surface area contributed by atoms with Gasteiger partial charge in [-0.3, -0.25) is 0 Å². The molecule has 0 aliphatic heterocycles. The Kier molecular flexibility index (Phi) is 5.87. The van der Waals surface area contributed by atoms with Gasteiger partial charge in [-0.2, -0.15) is 0 Å². The summed E-state index contributed by atoms with van der Waals surface area (Å²) in [4.78, 5) is 20.3. The number of allylic oxidation sites excluding steroid dienone is 1. The summed E-state index contributed by atoms with van der Waals surface area (Å²) in [5.41, 5.74) is -0.577. The molecule has 1 N–H and O–H groups in total. The van der Waals surface area contributed by atoms with Gasteiger partial charge < -0.3 is 14.3 Å². The largest absolute Gasteiger partial charge is 0.573 e. The number of aromatic carboxylic acids is 1. The van der Waals surface area contributed by atoms with Gasteiger partial charge in [0, 0.05) is 18.0 Å². The second kappa shape index (κ2) is 8.72. The molecule has 4 atom stereocenters. The number of rotatable bonds is 7. The van der Waals surface area contributed by atoms with Crippen molar-refractivity contribution in [2.24, 2.45) is 23.7 Å². The van der Waals surface area contributed by atoms with Gasteiger partial charge in [0.1, 0.15) is 10.6 Å². The first-order chi connectivity index (χ1) is 16.2. The van der Waals surface area contributed by atoms with Gasteiger partial charge in [0.05, 0.1) is 5.56 Å². The van der Waals surface area contributed by atoms with Crippen LogP contribution in [0.4, 0.5) is 13.2 Å². The van der Waals surface area contributed by atoms with Crippen LogP contribution in [0.2, 0.25) is 0 Å². The second-order valence-electron chi connectivity index (χ2n) is 9.15. The zero-order valence-electron chi connectivity index (χ0n) is 18.2. The first-order valence-electron chi connectivity index (χ1n) is 11.2. The zero-order valence-corrected chi connectivity index (χ0v) is 19.0. The maximum Gasteiger partial charge on any atom is 0.573 e. The molecule has 4 unspecified atom stereocenters. The number of carboxylic acid groups (broad SMARTS) is 1. The van der Waals surface area contributed by atoms with Crippen LogP contribution in [0.25, 0.3) is 21.7 Å². The fourth-order valence-corrected chi connectivity index (χ4v) is 6.34. The van der Waals surface area contributed by atoms with E-state index in [1.54, 1.807) is 5.38 Å². The highest BCUT2D eigenvalue weighted by Crippen LogP contribution is 2.49. The molecule has 34 heavy (non-hydrogen) atoms. The minimum Gasteiger partial charge on any atom is -0.478 e. The third-order valence-electron chi connectivity index (χ3n) is 6.99. The first kappa shape index (κ1) is 22.9. The SMILES string of the molecule is C=CC1CC2CC(CCc3nc4c(OC(F)(F)F)c(C(=O)O)cc(-c5nccs5)c4o3)CC1C2. The predicted octanol–water partition coefficient (Wildman–Crippen LogP) is 6.72. The molecule has 2 saturated carbocycles. The molecule has 5 rings (SSSR count). The quantitative estimate of drug-likeness (QED) is 0.369. The van der Waals surface area contributed by atoms with E-state index < -0.39 is 23.6 Å². The van der Waals surface area contributed by atoms with E-state index in [0.717, 1.165) is 25.3 Å². The predicted molar refractivity (Wildman–Crippen MR) is 120 cm³/mol. The summed E-state index contributed by atoms with van der Waals surface area (Å²) in [7, 11) is 0. The van der Waals surface area contributed by atoms with Crippen molar-refractivity contribution in [1.29, 1.82) is 0 Å². The van der Waals surface area contributed by atoms with E-state index in [2.05, 4.69) is 27.4 Å². The van der Waals surface area contributed by atoms with Crippen LogP contribution in [0.15, 0.2) is 34.7 Å². The number of carboxylic acids is 1. The number of aromatic nitrogens is 2. The van der Waals surface area contributed by atoms with Gasteiger partial charge in [-0.25, -0.2) is 14.8 Å². The molecule has 3 aromatic rings. The molecule has 0 saturated heterocycles. The molecule has 2 bridgehead atoms.